The Balaban J connectivity index is 1.84. The zero-order valence-electron chi connectivity index (χ0n) is 21.5. The number of methoxy groups -OCH3 is 1. The lowest BCUT2D eigenvalue weighted by atomic mass is 9.86. The van der Waals surface area contributed by atoms with Crippen molar-refractivity contribution in [1.82, 2.24) is 9.80 Å². The van der Waals surface area contributed by atoms with E-state index < -0.39 is 11.4 Å². The van der Waals surface area contributed by atoms with Gasteiger partial charge in [-0.3, -0.25) is 9.69 Å². The van der Waals surface area contributed by atoms with Crippen molar-refractivity contribution in [3.05, 3.63) is 0 Å². The molecule has 8 nitrogen and oxygen atoms in total. The van der Waals surface area contributed by atoms with Crippen molar-refractivity contribution in [2.75, 3.05) is 39.9 Å². The largest absolute Gasteiger partial charge is 0.466 e. The van der Waals surface area contributed by atoms with Crippen molar-refractivity contribution < 1.29 is 28.5 Å². The smallest absolute Gasteiger partial charge is 0.371 e. The van der Waals surface area contributed by atoms with E-state index in [0.29, 0.717) is 32.5 Å². The highest BCUT2D eigenvalue weighted by Crippen LogP contribution is 2.42. The summed E-state index contributed by atoms with van der Waals surface area (Å²) in [5, 5.41) is 0. The van der Waals surface area contributed by atoms with Gasteiger partial charge in [0.05, 0.1) is 24.2 Å². The van der Waals surface area contributed by atoms with Gasteiger partial charge in [0, 0.05) is 33.3 Å². The van der Waals surface area contributed by atoms with E-state index in [1.54, 1.807) is 7.11 Å². The molecule has 0 amide bonds. The number of hydrogen-bond acceptors (Lipinski definition) is 8. The molecule has 3 aliphatic rings. The molecule has 1 aliphatic carbocycles. The van der Waals surface area contributed by atoms with Crippen LogP contribution in [-0.2, 0) is 28.5 Å². The molecule has 3 fully saturated rings. The molecule has 2 saturated heterocycles. The molecule has 0 aromatic carbocycles. The van der Waals surface area contributed by atoms with Gasteiger partial charge in [0.2, 0.25) is 0 Å². The van der Waals surface area contributed by atoms with Crippen LogP contribution < -0.4 is 0 Å². The van der Waals surface area contributed by atoms with Crippen molar-refractivity contribution in [3.8, 4) is 0 Å². The highest BCUT2D eigenvalue weighted by Gasteiger charge is 2.61. The quantitative estimate of drug-likeness (QED) is 0.477. The SMILES string of the molecule is CCOC(=O)C1CCC(OC(C(=O)OC(C)(C)C)(N2CCCC2)N2CC(CC)(OC)C2)CC1. The molecular weight excluding hydrogens is 424 g/mol. The lowest BCUT2D eigenvalue weighted by Gasteiger charge is -2.58. The van der Waals surface area contributed by atoms with E-state index in [4.69, 9.17) is 18.9 Å². The Morgan fingerprint density at radius 2 is 1.58 bits per heavy atom. The topological polar surface area (TPSA) is 77.5 Å². The molecule has 33 heavy (non-hydrogen) atoms. The summed E-state index contributed by atoms with van der Waals surface area (Å²) >= 11 is 0. The monoisotopic (exact) mass is 468 g/mol. The molecule has 0 radical (unpaired) electrons. The summed E-state index contributed by atoms with van der Waals surface area (Å²) in [5.41, 5.74) is -0.890. The summed E-state index contributed by atoms with van der Waals surface area (Å²) in [6, 6.07) is 0. The summed E-state index contributed by atoms with van der Waals surface area (Å²) in [4.78, 5) is 30.3. The maximum absolute atomic E-state index is 13.9. The number of esters is 2. The number of likely N-dealkylation sites (tertiary alicyclic amines) is 2. The summed E-state index contributed by atoms with van der Waals surface area (Å²) in [6.07, 6.45) is 5.67. The van der Waals surface area contributed by atoms with Gasteiger partial charge in [-0.05, 0) is 72.6 Å². The average Bonchev–Trinajstić information content (AvgIpc) is 3.27. The van der Waals surface area contributed by atoms with E-state index in [0.717, 1.165) is 45.2 Å². The second-order valence-corrected chi connectivity index (χ2v) is 10.7. The maximum atomic E-state index is 13.9. The molecule has 0 aromatic heterocycles. The predicted octanol–water partition coefficient (Wildman–Crippen LogP) is 3.33. The minimum Gasteiger partial charge on any atom is -0.466 e. The summed E-state index contributed by atoms with van der Waals surface area (Å²) < 4.78 is 23.8. The standard InChI is InChI=1S/C25H44N2O6/c1-7-24(30-6)17-27(18-24)25(26-15-9-10-16-26,22(29)33-23(3,4)5)32-20-13-11-19(12-14-20)21(28)31-8-2/h19-20H,7-18H2,1-6H3. The fraction of sp³-hybridized carbons (Fsp3) is 0.920. The van der Waals surface area contributed by atoms with E-state index in [1.807, 2.05) is 27.7 Å². The average molecular weight is 469 g/mol. The zero-order chi connectivity index (χ0) is 24.3. The first kappa shape index (κ1) is 26.4. The minimum absolute atomic E-state index is 0.0854. The molecule has 3 rings (SSSR count). The van der Waals surface area contributed by atoms with Gasteiger partial charge in [-0.2, -0.15) is 0 Å². The molecular formula is C25H44N2O6. The van der Waals surface area contributed by atoms with E-state index >= 15 is 0 Å². The summed E-state index contributed by atoms with van der Waals surface area (Å²) in [6.45, 7) is 12.9. The van der Waals surface area contributed by atoms with E-state index in [-0.39, 0.29) is 29.6 Å². The molecule has 0 bridgehead atoms. The molecule has 0 N–H and O–H groups in total. The number of carbonyl (C=O) groups is 2. The molecule has 1 saturated carbocycles. The van der Waals surface area contributed by atoms with E-state index in [1.165, 1.54) is 0 Å². The van der Waals surface area contributed by atoms with Crippen LogP contribution in [0.4, 0.5) is 0 Å². The third kappa shape index (κ3) is 5.72. The van der Waals surface area contributed by atoms with Gasteiger partial charge in [-0.1, -0.05) is 6.92 Å². The first-order chi connectivity index (χ1) is 15.6. The van der Waals surface area contributed by atoms with Crippen LogP contribution in [0.3, 0.4) is 0 Å². The van der Waals surface area contributed by atoms with Crippen LogP contribution in [0.25, 0.3) is 0 Å². The van der Waals surface area contributed by atoms with Gasteiger partial charge in [0.25, 0.3) is 5.85 Å². The normalized spacial score (nSPS) is 28.1. The van der Waals surface area contributed by atoms with Crippen LogP contribution in [0, 0.1) is 5.92 Å². The third-order valence-electron chi connectivity index (χ3n) is 7.29. The van der Waals surface area contributed by atoms with Crippen molar-refractivity contribution in [1.29, 1.82) is 0 Å². The lowest BCUT2D eigenvalue weighted by molar-refractivity contribution is -0.314. The molecule has 1 atom stereocenters. The van der Waals surface area contributed by atoms with Crippen LogP contribution in [0.1, 0.15) is 79.6 Å². The van der Waals surface area contributed by atoms with E-state index in [2.05, 4.69) is 16.7 Å². The Bertz CT molecular complexity index is 667. The molecule has 8 heteroatoms. The zero-order valence-corrected chi connectivity index (χ0v) is 21.5. The number of nitrogens with zero attached hydrogens (tertiary/aromatic N) is 2. The molecule has 2 heterocycles. The second-order valence-electron chi connectivity index (χ2n) is 10.7. The Morgan fingerprint density at radius 3 is 2.06 bits per heavy atom. The number of hydrogen-bond donors (Lipinski definition) is 0. The van der Waals surface area contributed by atoms with Gasteiger partial charge < -0.3 is 18.9 Å². The lowest BCUT2D eigenvalue weighted by Crippen LogP contribution is -2.78. The predicted molar refractivity (Wildman–Crippen MR) is 124 cm³/mol. The Morgan fingerprint density at radius 1 is 0.970 bits per heavy atom. The first-order valence-corrected chi connectivity index (χ1v) is 12.7. The van der Waals surface area contributed by atoms with Crippen LogP contribution >= 0.6 is 0 Å². The molecule has 0 spiro atoms. The highest BCUT2D eigenvalue weighted by molar-refractivity contribution is 5.79. The highest BCUT2D eigenvalue weighted by atomic mass is 16.6. The third-order valence-corrected chi connectivity index (χ3v) is 7.29. The fourth-order valence-electron chi connectivity index (χ4n) is 5.29. The van der Waals surface area contributed by atoms with Gasteiger partial charge in [0.15, 0.2) is 0 Å². The van der Waals surface area contributed by atoms with Crippen molar-refractivity contribution in [2.24, 2.45) is 5.92 Å². The van der Waals surface area contributed by atoms with Crippen LogP contribution in [0.15, 0.2) is 0 Å². The van der Waals surface area contributed by atoms with Gasteiger partial charge in [-0.25, -0.2) is 9.69 Å². The Kier molecular flexibility index (Phi) is 8.46. The number of ether oxygens (including phenoxy) is 4. The van der Waals surface area contributed by atoms with Crippen molar-refractivity contribution in [2.45, 2.75) is 103 Å². The molecule has 190 valence electrons. The van der Waals surface area contributed by atoms with Crippen LogP contribution in [0.2, 0.25) is 0 Å². The molecule has 1 unspecified atom stereocenters. The Labute approximate surface area is 199 Å². The fourth-order valence-corrected chi connectivity index (χ4v) is 5.29. The molecule has 0 aromatic rings. The molecule has 2 aliphatic heterocycles. The number of carbonyl (C=O) groups excluding carboxylic acids is 2. The maximum Gasteiger partial charge on any atom is 0.371 e. The van der Waals surface area contributed by atoms with Crippen LogP contribution in [0.5, 0.6) is 0 Å². The summed E-state index contributed by atoms with van der Waals surface area (Å²) in [5.74, 6) is -1.81. The second kappa shape index (κ2) is 10.6. The summed E-state index contributed by atoms with van der Waals surface area (Å²) in [7, 11) is 1.74. The first-order valence-electron chi connectivity index (χ1n) is 12.7. The van der Waals surface area contributed by atoms with Gasteiger partial charge in [-0.15, -0.1) is 0 Å². The van der Waals surface area contributed by atoms with Crippen molar-refractivity contribution in [3.63, 3.8) is 0 Å². The Hall–Kier alpha value is -1.22. The van der Waals surface area contributed by atoms with Crippen LogP contribution in [-0.4, -0.2) is 84.8 Å². The van der Waals surface area contributed by atoms with Gasteiger partial charge >= 0.3 is 11.9 Å². The van der Waals surface area contributed by atoms with E-state index in [9.17, 15) is 9.59 Å². The number of rotatable bonds is 9. The van der Waals surface area contributed by atoms with Crippen molar-refractivity contribution >= 4 is 11.9 Å². The minimum atomic E-state index is -1.26. The van der Waals surface area contributed by atoms with Gasteiger partial charge in [0.1, 0.15) is 5.60 Å².